The largest absolute Gasteiger partial charge is 0.355 e. The molecule has 32 heavy (non-hydrogen) atoms. The van der Waals surface area contributed by atoms with E-state index in [9.17, 15) is 4.79 Å². The quantitative estimate of drug-likeness (QED) is 0.582. The van der Waals surface area contributed by atoms with E-state index in [-0.39, 0.29) is 17.9 Å². The van der Waals surface area contributed by atoms with Crippen molar-refractivity contribution in [2.45, 2.75) is 58.9 Å². The van der Waals surface area contributed by atoms with Crippen molar-refractivity contribution in [3.63, 3.8) is 0 Å². The van der Waals surface area contributed by atoms with Crippen molar-refractivity contribution in [2.75, 3.05) is 18.0 Å². The van der Waals surface area contributed by atoms with Crippen molar-refractivity contribution in [3.05, 3.63) is 47.5 Å². The van der Waals surface area contributed by atoms with Gasteiger partial charge in [-0.05, 0) is 65.3 Å². The molecule has 170 valence electrons. The molecular formula is C24H33N7O. The Bertz CT molecular complexity index is 1020. The second-order valence-electron chi connectivity index (χ2n) is 9.05. The number of piperidine rings is 1. The van der Waals surface area contributed by atoms with Crippen LogP contribution >= 0.6 is 0 Å². The lowest BCUT2D eigenvalue weighted by atomic mass is 9.91. The van der Waals surface area contributed by atoms with Crippen LogP contribution in [0, 0.1) is 11.8 Å². The van der Waals surface area contributed by atoms with Crippen molar-refractivity contribution in [1.82, 2.24) is 30.6 Å². The van der Waals surface area contributed by atoms with Crippen LogP contribution in [0.5, 0.6) is 0 Å². The van der Waals surface area contributed by atoms with Crippen LogP contribution < -0.4 is 10.2 Å². The van der Waals surface area contributed by atoms with Gasteiger partial charge in [-0.1, -0.05) is 51.5 Å². The molecular weight excluding hydrogens is 402 g/mol. The van der Waals surface area contributed by atoms with Gasteiger partial charge in [0, 0.05) is 19.0 Å². The van der Waals surface area contributed by atoms with Crippen molar-refractivity contribution in [3.8, 4) is 0 Å². The summed E-state index contributed by atoms with van der Waals surface area (Å²) in [4.78, 5) is 15.3. The van der Waals surface area contributed by atoms with Crippen LogP contribution in [0.25, 0.3) is 5.65 Å². The number of hydrogen-bond acceptors (Lipinski definition) is 6. The SMILES string of the molecule is CCCCc1ccc([C@@H](NC(=O)C2CCN(c3ccc4nnnn4n3)CC2)C(C)C)cc1. The summed E-state index contributed by atoms with van der Waals surface area (Å²) in [6.07, 6.45) is 5.14. The Morgan fingerprint density at radius 2 is 1.88 bits per heavy atom. The molecule has 4 rings (SSSR count). The summed E-state index contributed by atoms with van der Waals surface area (Å²) in [5.74, 6) is 1.34. The lowest BCUT2D eigenvalue weighted by Gasteiger charge is -2.33. The fourth-order valence-corrected chi connectivity index (χ4v) is 4.36. The fourth-order valence-electron chi connectivity index (χ4n) is 4.36. The predicted molar refractivity (Wildman–Crippen MR) is 124 cm³/mol. The van der Waals surface area contributed by atoms with E-state index in [2.05, 4.69) is 75.9 Å². The molecule has 8 nitrogen and oxygen atoms in total. The molecule has 2 aromatic heterocycles. The molecule has 0 saturated carbocycles. The highest BCUT2D eigenvalue weighted by Crippen LogP contribution is 2.26. The maximum Gasteiger partial charge on any atom is 0.223 e. The Morgan fingerprint density at radius 1 is 1.12 bits per heavy atom. The molecule has 3 aromatic rings. The standard InChI is InChI=1S/C24H33N7O/c1-4-5-6-18-7-9-19(10-8-18)23(17(2)3)25-24(32)20-13-15-30(16-14-20)22-12-11-21-26-28-29-31(21)27-22/h7-12,17,20,23H,4-6,13-16H2,1-3H3,(H,25,32)/t23-/m0/s1. The number of rotatable bonds is 8. The van der Waals surface area contributed by atoms with E-state index in [4.69, 9.17) is 0 Å². The van der Waals surface area contributed by atoms with Crippen LogP contribution in [-0.4, -0.2) is 44.3 Å². The van der Waals surface area contributed by atoms with Crippen LogP contribution in [0.1, 0.15) is 63.6 Å². The summed E-state index contributed by atoms with van der Waals surface area (Å²) in [6, 6.07) is 12.6. The topological polar surface area (TPSA) is 88.3 Å². The number of aryl methyl sites for hydroxylation is 1. The molecule has 0 radical (unpaired) electrons. The molecule has 1 aliphatic heterocycles. The van der Waals surface area contributed by atoms with Gasteiger partial charge in [-0.25, -0.2) is 0 Å². The van der Waals surface area contributed by atoms with Crippen LogP contribution in [0.15, 0.2) is 36.4 Å². The number of hydrogen-bond donors (Lipinski definition) is 1. The van der Waals surface area contributed by atoms with Gasteiger partial charge in [0.15, 0.2) is 11.5 Å². The van der Waals surface area contributed by atoms with Crippen LogP contribution in [-0.2, 0) is 11.2 Å². The number of aromatic nitrogens is 5. The van der Waals surface area contributed by atoms with E-state index in [1.165, 1.54) is 28.6 Å². The number of tetrazole rings is 1. The van der Waals surface area contributed by atoms with E-state index >= 15 is 0 Å². The predicted octanol–water partition coefficient (Wildman–Crippen LogP) is 3.59. The van der Waals surface area contributed by atoms with Gasteiger partial charge in [0.25, 0.3) is 0 Å². The molecule has 3 heterocycles. The normalized spacial score (nSPS) is 15.9. The first-order chi connectivity index (χ1) is 15.5. The van der Waals surface area contributed by atoms with Crippen LogP contribution in [0.3, 0.4) is 0 Å². The number of benzene rings is 1. The summed E-state index contributed by atoms with van der Waals surface area (Å²) >= 11 is 0. The first-order valence-corrected chi connectivity index (χ1v) is 11.7. The molecule has 0 spiro atoms. The monoisotopic (exact) mass is 435 g/mol. The van der Waals surface area contributed by atoms with Crippen molar-refractivity contribution in [1.29, 1.82) is 0 Å². The van der Waals surface area contributed by atoms with E-state index in [1.807, 2.05) is 12.1 Å². The molecule has 0 bridgehead atoms. The van der Waals surface area contributed by atoms with Gasteiger partial charge in [0.2, 0.25) is 5.91 Å². The summed E-state index contributed by atoms with van der Waals surface area (Å²) < 4.78 is 1.44. The number of anilines is 1. The molecule has 1 saturated heterocycles. The summed E-state index contributed by atoms with van der Waals surface area (Å²) in [6.45, 7) is 8.12. The van der Waals surface area contributed by atoms with Crippen LogP contribution in [0.4, 0.5) is 5.82 Å². The highest BCUT2D eigenvalue weighted by atomic mass is 16.2. The molecule has 1 fully saturated rings. The Kier molecular flexibility index (Phi) is 6.97. The zero-order valence-electron chi connectivity index (χ0n) is 19.2. The molecule has 1 amide bonds. The first kappa shape index (κ1) is 22.2. The maximum absolute atomic E-state index is 13.1. The molecule has 1 aliphatic rings. The van der Waals surface area contributed by atoms with Crippen molar-refractivity contribution in [2.24, 2.45) is 11.8 Å². The van der Waals surface area contributed by atoms with Crippen LogP contribution in [0.2, 0.25) is 0 Å². The molecule has 0 aliphatic carbocycles. The number of fused-ring (bicyclic) bond motifs is 1. The average molecular weight is 436 g/mol. The second-order valence-corrected chi connectivity index (χ2v) is 9.05. The number of unbranched alkanes of at least 4 members (excludes halogenated alkanes) is 1. The van der Waals surface area contributed by atoms with Gasteiger partial charge in [-0.3, -0.25) is 4.79 Å². The Morgan fingerprint density at radius 3 is 2.56 bits per heavy atom. The van der Waals surface area contributed by atoms with Gasteiger partial charge in [0.05, 0.1) is 6.04 Å². The maximum atomic E-state index is 13.1. The summed E-state index contributed by atoms with van der Waals surface area (Å²) in [7, 11) is 0. The van der Waals surface area contributed by atoms with Gasteiger partial charge < -0.3 is 10.2 Å². The highest BCUT2D eigenvalue weighted by Gasteiger charge is 2.28. The minimum absolute atomic E-state index is 0.0214. The minimum Gasteiger partial charge on any atom is -0.355 e. The third kappa shape index (κ3) is 5.06. The van der Waals surface area contributed by atoms with Crippen molar-refractivity contribution < 1.29 is 4.79 Å². The number of amides is 1. The molecule has 1 aromatic carbocycles. The van der Waals surface area contributed by atoms with Crippen molar-refractivity contribution >= 4 is 17.4 Å². The molecule has 1 N–H and O–H groups in total. The lowest BCUT2D eigenvalue weighted by molar-refractivity contribution is -0.126. The number of nitrogens with one attached hydrogen (secondary N) is 1. The minimum atomic E-state index is 0.0214. The number of nitrogens with zero attached hydrogens (tertiary/aromatic N) is 6. The van der Waals surface area contributed by atoms with E-state index in [0.717, 1.165) is 38.2 Å². The molecule has 8 heteroatoms. The number of carbonyl (C=O) groups excluding carboxylic acids is 1. The first-order valence-electron chi connectivity index (χ1n) is 11.7. The van der Waals surface area contributed by atoms with E-state index in [0.29, 0.717) is 11.6 Å². The lowest BCUT2D eigenvalue weighted by Crippen LogP contribution is -2.42. The van der Waals surface area contributed by atoms with E-state index < -0.39 is 0 Å². The summed E-state index contributed by atoms with van der Waals surface area (Å²) in [5, 5.41) is 19.2. The van der Waals surface area contributed by atoms with Gasteiger partial charge >= 0.3 is 0 Å². The number of carbonyl (C=O) groups is 1. The Balaban J connectivity index is 1.35. The Hall–Kier alpha value is -3.03. The third-order valence-electron chi connectivity index (χ3n) is 6.37. The van der Waals surface area contributed by atoms with E-state index in [1.54, 1.807) is 0 Å². The summed E-state index contributed by atoms with van der Waals surface area (Å²) in [5.41, 5.74) is 3.18. The molecule has 1 atom stereocenters. The van der Waals surface area contributed by atoms with Gasteiger partial charge in [0.1, 0.15) is 0 Å². The molecule has 0 unspecified atom stereocenters. The third-order valence-corrected chi connectivity index (χ3v) is 6.37. The van der Waals surface area contributed by atoms with Gasteiger partial charge in [-0.2, -0.15) is 0 Å². The smallest absolute Gasteiger partial charge is 0.223 e. The Labute approximate surface area is 189 Å². The second kappa shape index (κ2) is 10.1. The van der Waals surface area contributed by atoms with Gasteiger partial charge in [-0.15, -0.1) is 14.8 Å². The average Bonchev–Trinajstić information content (AvgIpc) is 3.29. The zero-order chi connectivity index (χ0) is 22.5. The fraction of sp³-hybridized carbons (Fsp3) is 0.542. The highest BCUT2D eigenvalue weighted by molar-refractivity contribution is 5.79. The zero-order valence-corrected chi connectivity index (χ0v) is 19.2.